The van der Waals surface area contributed by atoms with E-state index in [0.29, 0.717) is 0 Å². The zero-order valence-electron chi connectivity index (χ0n) is 9.93. The number of hydrogen-bond acceptors (Lipinski definition) is 4. The molecule has 0 radical (unpaired) electrons. The van der Waals surface area contributed by atoms with E-state index in [1.54, 1.807) is 0 Å². The van der Waals surface area contributed by atoms with Gasteiger partial charge in [0.1, 0.15) is 5.15 Å². The summed E-state index contributed by atoms with van der Waals surface area (Å²) < 4.78 is 0. The topological polar surface area (TPSA) is 96.6 Å². The van der Waals surface area contributed by atoms with Crippen LogP contribution >= 0.6 is 11.6 Å². The van der Waals surface area contributed by atoms with Crippen LogP contribution in [0, 0.1) is 10.1 Å². The lowest BCUT2D eigenvalue weighted by atomic mass is 10.2. The number of halogens is 1. The van der Waals surface area contributed by atoms with Crippen LogP contribution in [0.15, 0.2) is 42.6 Å². The molecule has 0 saturated heterocycles. The molecule has 0 fully saturated rings. The van der Waals surface area contributed by atoms with Crippen molar-refractivity contribution in [3.8, 4) is 0 Å². The number of nitro groups is 1. The molecule has 0 saturated carbocycles. The van der Waals surface area contributed by atoms with Crippen molar-refractivity contribution in [1.29, 1.82) is 0 Å². The average Bonchev–Trinajstić information content (AvgIpc) is 2.39. The summed E-state index contributed by atoms with van der Waals surface area (Å²) in [5, 5.41) is 20.2. The van der Waals surface area contributed by atoms with Crippen molar-refractivity contribution in [3.63, 3.8) is 0 Å². The molecular formula is C12H8ClN3O4. The molecule has 1 amide bonds. The van der Waals surface area contributed by atoms with Crippen LogP contribution in [0.5, 0.6) is 0 Å². The van der Waals surface area contributed by atoms with Gasteiger partial charge in [-0.05, 0) is 18.2 Å². The Hall–Kier alpha value is -2.67. The molecule has 1 aromatic heterocycles. The summed E-state index contributed by atoms with van der Waals surface area (Å²) in [5.41, 5.74) is 0.195. The van der Waals surface area contributed by atoms with Crippen molar-refractivity contribution in [2.45, 2.75) is 0 Å². The predicted octanol–water partition coefficient (Wildman–Crippen LogP) is 3.46. The van der Waals surface area contributed by atoms with Crippen LogP contribution in [-0.2, 0) is 0 Å². The first kappa shape index (κ1) is 13.8. The SMILES string of the molecule is O=C(O)N(c1cccc([N+](=O)[O-])c1)c1ccnc(Cl)c1. The van der Waals surface area contributed by atoms with Gasteiger partial charge in [-0.2, -0.15) is 0 Å². The van der Waals surface area contributed by atoms with Gasteiger partial charge in [0.05, 0.1) is 16.3 Å². The normalized spacial score (nSPS) is 10.1. The number of non-ortho nitro benzene ring substituents is 1. The van der Waals surface area contributed by atoms with Gasteiger partial charge in [0.2, 0.25) is 0 Å². The highest BCUT2D eigenvalue weighted by molar-refractivity contribution is 6.29. The fourth-order valence-corrected chi connectivity index (χ4v) is 1.82. The van der Waals surface area contributed by atoms with E-state index in [9.17, 15) is 20.0 Å². The van der Waals surface area contributed by atoms with Gasteiger partial charge in [0.15, 0.2) is 0 Å². The first-order chi connectivity index (χ1) is 9.49. The lowest BCUT2D eigenvalue weighted by Gasteiger charge is -2.19. The second-order valence-electron chi connectivity index (χ2n) is 3.73. The Morgan fingerprint density at radius 3 is 2.60 bits per heavy atom. The van der Waals surface area contributed by atoms with Crippen LogP contribution in [0.4, 0.5) is 21.9 Å². The van der Waals surface area contributed by atoms with Crippen molar-refractivity contribution in [2.75, 3.05) is 4.90 Å². The highest BCUT2D eigenvalue weighted by atomic mass is 35.5. The Bertz CT molecular complexity index is 677. The zero-order chi connectivity index (χ0) is 14.7. The zero-order valence-corrected chi connectivity index (χ0v) is 10.7. The third-order valence-corrected chi connectivity index (χ3v) is 2.67. The smallest absolute Gasteiger partial charge is 0.416 e. The van der Waals surface area contributed by atoms with Crippen molar-refractivity contribution >= 4 is 34.8 Å². The van der Waals surface area contributed by atoms with Gasteiger partial charge in [-0.15, -0.1) is 0 Å². The van der Waals surface area contributed by atoms with Gasteiger partial charge in [-0.3, -0.25) is 10.1 Å². The van der Waals surface area contributed by atoms with E-state index in [4.69, 9.17) is 11.6 Å². The van der Waals surface area contributed by atoms with Crippen LogP contribution in [-0.4, -0.2) is 21.1 Å². The molecule has 0 bridgehead atoms. The number of nitrogens with zero attached hydrogens (tertiary/aromatic N) is 3. The van der Waals surface area contributed by atoms with Crippen molar-refractivity contribution < 1.29 is 14.8 Å². The number of rotatable bonds is 3. The minimum absolute atomic E-state index is 0.124. The third-order valence-electron chi connectivity index (χ3n) is 2.46. The lowest BCUT2D eigenvalue weighted by Crippen LogP contribution is -2.23. The van der Waals surface area contributed by atoms with E-state index in [0.717, 1.165) is 4.90 Å². The number of amides is 1. The van der Waals surface area contributed by atoms with E-state index < -0.39 is 11.0 Å². The van der Waals surface area contributed by atoms with E-state index in [1.807, 2.05) is 0 Å². The molecule has 20 heavy (non-hydrogen) atoms. The molecule has 0 spiro atoms. The lowest BCUT2D eigenvalue weighted by molar-refractivity contribution is -0.384. The monoisotopic (exact) mass is 293 g/mol. The van der Waals surface area contributed by atoms with E-state index in [1.165, 1.54) is 42.6 Å². The second kappa shape index (κ2) is 5.54. The van der Waals surface area contributed by atoms with Crippen LogP contribution in [0.1, 0.15) is 0 Å². The molecule has 8 heteroatoms. The van der Waals surface area contributed by atoms with Crippen molar-refractivity contribution in [3.05, 3.63) is 57.9 Å². The van der Waals surface area contributed by atoms with Crippen molar-refractivity contribution in [1.82, 2.24) is 4.98 Å². The molecule has 1 heterocycles. The highest BCUT2D eigenvalue weighted by Crippen LogP contribution is 2.29. The molecule has 0 unspecified atom stereocenters. The Kier molecular flexibility index (Phi) is 3.81. The molecule has 2 rings (SSSR count). The number of aromatic nitrogens is 1. The number of hydrogen-bond donors (Lipinski definition) is 1. The minimum Gasteiger partial charge on any atom is -0.464 e. The second-order valence-corrected chi connectivity index (χ2v) is 4.12. The highest BCUT2D eigenvalue weighted by Gasteiger charge is 2.19. The summed E-state index contributed by atoms with van der Waals surface area (Å²) >= 11 is 5.72. The summed E-state index contributed by atoms with van der Waals surface area (Å²) in [4.78, 5) is 26.2. The molecule has 0 aliphatic heterocycles. The molecule has 2 aromatic rings. The van der Waals surface area contributed by atoms with Crippen LogP contribution in [0.25, 0.3) is 0 Å². The fourth-order valence-electron chi connectivity index (χ4n) is 1.65. The molecule has 7 nitrogen and oxygen atoms in total. The minimum atomic E-state index is -1.28. The largest absolute Gasteiger partial charge is 0.464 e. The number of anilines is 2. The van der Waals surface area contributed by atoms with Crippen LogP contribution in [0.2, 0.25) is 5.15 Å². The third kappa shape index (κ3) is 2.83. The van der Waals surface area contributed by atoms with Crippen LogP contribution < -0.4 is 4.90 Å². The number of nitro benzene ring substituents is 1. The van der Waals surface area contributed by atoms with Gasteiger partial charge in [-0.1, -0.05) is 17.7 Å². The summed E-state index contributed by atoms with van der Waals surface area (Å²) in [7, 11) is 0. The standard InChI is InChI=1S/C12H8ClN3O4/c13-11-7-9(4-5-14-11)15(12(17)18)8-2-1-3-10(6-8)16(19)20/h1-7H,(H,17,18). The van der Waals surface area contributed by atoms with Gasteiger partial charge in [0.25, 0.3) is 5.69 Å². The first-order valence-electron chi connectivity index (χ1n) is 5.38. The first-order valence-corrected chi connectivity index (χ1v) is 5.76. The number of carboxylic acid groups (broad SMARTS) is 1. The Balaban J connectivity index is 2.52. The molecule has 1 aromatic carbocycles. The van der Waals surface area contributed by atoms with E-state index in [-0.39, 0.29) is 22.2 Å². The molecule has 1 N–H and O–H groups in total. The maximum atomic E-state index is 11.4. The molecule has 0 aliphatic carbocycles. The van der Waals surface area contributed by atoms with Gasteiger partial charge >= 0.3 is 6.09 Å². The van der Waals surface area contributed by atoms with Gasteiger partial charge in [0, 0.05) is 18.3 Å². The molecule has 0 aliphatic rings. The summed E-state index contributed by atoms with van der Waals surface area (Å²) in [5.74, 6) is 0. The number of benzene rings is 1. The van der Waals surface area contributed by atoms with Crippen LogP contribution in [0.3, 0.4) is 0 Å². The fraction of sp³-hybridized carbons (Fsp3) is 0. The quantitative estimate of drug-likeness (QED) is 0.531. The Morgan fingerprint density at radius 1 is 1.30 bits per heavy atom. The predicted molar refractivity (Wildman–Crippen MR) is 72.5 cm³/mol. The Morgan fingerprint density at radius 2 is 2.00 bits per heavy atom. The molecular weight excluding hydrogens is 286 g/mol. The summed E-state index contributed by atoms with van der Waals surface area (Å²) in [6.07, 6.45) is 0.0677. The number of pyridine rings is 1. The summed E-state index contributed by atoms with van der Waals surface area (Å²) in [6, 6.07) is 8.11. The van der Waals surface area contributed by atoms with E-state index in [2.05, 4.69) is 4.98 Å². The maximum Gasteiger partial charge on any atom is 0.416 e. The van der Waals surface area contributed by atoms with Gasteiger partial charge in [-0.25, -0.2) is 14.7 Å². The van der Waals surface area contributed by atoms with Crippen molar-refractivity contribution in [2.24, 2.45) is 0 Å². The van der Waals surface area contributed by atoms with Gasteiger partial charge < -0.3 is 5.11 Å². The summed E-state index contributed by atoms with van der Waals surface area (Å²) in [6.45, 7) is 0. The van der Waals surface area contributed by atoms with E-state index >= 15 is 0 Å². The Labute approximate surface area is 118 Å². The maximum absolute atomic E-state index is 11.4. The number of carbonyl (C=O) groups is 1. The molecule has 102 valence electrons. The molecule has 0 atom stereocenters. The average molecular weight is 294 g/mol.